The van der Waals surface area contributed by atoms with Gasteiger partial charge in [-0.1, -0.05) is 0 Å². The van der Waals surface area contributed by atoms with E-state index in [-0.39, 0.29) is 6.54 Å². The number of carbonyl (C=O) groups excluding carboxylic acids is 1. The van der Waals surface area contributed by atoms with Gasteiger partial charge < -0.3 is 24.8 Å². The summed E-state index contributed by atoms with van der Waals surface area (Å²) in [5, 5.41) is 11.3. The van der Waals surface area contributed by atoms with Crippen LogP contribution in [0.25, 0.3) is 0 Å². The summed E-state index contributed by atoms with van der Waals surface area (Å²) >= 11 is 0. The number of likely N-dealkylation sites (tertiary alicyclic amines) is 1. The fraction of sp³-hybridized carbons (Fsp3) is 0.846. The molecule has 0 bridgehead atoms. The minimum absolute atomic E-state index is 0.233. The number of aliphatic carboxylic acids is 1. The number of methoxy groups -OCH3 is 1. The number of urea groups is 1. The van der Waals surface area contributed by atoms with Gasteiger partial charge in [-0.05, 0) is 6.42 Å². The average Bonchev–Trinajstić information content (AvgIpc) is 2.91. The highest BCUT2D eigenvalue weighted by atomic mass is 19.4. The minimum Gasteiger partial charge on any atom is -0.481 e. The highest BCUT2D eigenvalue weighted by molar-refractivity contribution is 5.77. The first-order valence-corrected chi connectivity index (χ1v) is 7.16. The van der Waals surface area contributed by atoms with E-state index < -0.39 is 43.1 Å². The lowest BCUT2D eigenvalue weighted by Gasteiger charge is -2.18. The van der Waals surface area contributed by atoms with Crippen LogP contribution in [0.3, 0.4) is 0 Å². The topological polar surface area (TPSA) is 88.1 Å². The Labute approximate surface area is 131 Å². The number of nitrogens with zero attached hydrogens (tertiary/aromatic N) is 1. The van der Waals surface area contributed by atoms with Gasteiger partial charge in [-0.3, -0.25) is 4.79 Å². The molecule has 0 aromatic carbocycles. The summed E-state index contributed by atoms with van der Waals surface area (Å²) in [6.07, 6.45) is -4.15. The van der Waals surface area contributed by atoms with Crippen LogP contribution in [-0.2, 0) is 14.3 Å². The summed E-state index contributed by atoms with van der Waals surface area (Å²) in [4.78, 5) is 23.6. The van der Waals surface area contributed by atoms with Gasteiger partial charge in [0.25, 0.3) is 0 Å². The molecule has 7 nitrogen and oxygen atoms in total. The molecule has 10 heteroatoms. The van der Waals surface area contributed by atoms with Crippen LogP contribution in [0.5, 0.6) is 0 Å². The number of amides is 2. The van der Waals surface area contributed by atoms with Gasteiger partial charge in [0.05, 0.1) is 25.0 Å². The van der Waals surface area contributed by atoms with Crippen LogP contribution in [0.2, 0.25) is 0 Å². The summed E-state index contributed by atoms with van der Waals surface area (Å²) in [5.41, 5.74) is 0. The Morgan fingerprint density at radius 2 is 1.96 bits per heavy atom. The third-order valence-electron chi connectivity index (χ3n) is 3.52. The highest BCUT2D eigenvalue weighted by Gasteiger charge is 2.53. The summed E-state index contributed by atoms with van der Waals surface area (Å²) in [7, 11) is 1.54. The van der Waals surface area contributed by atoms with Gasteiger partial charge in [-0.2, -0.15) is 13.2 Å². The first-order valence-electron chi connectivity index (χ1n) is 7.16. The van der Waals surface area contributed by atoms with E-state index in [2.05, 4.69) is 5.32 Å². The molecular formula is C13H21F3N2O5. The predicted octanol–water partition coefficient (Wildman–Crippen LogP) is 0.944. The van der Waals surface area contributed by atoms with E-state index in [1.54, 1.807) is 0 Å². The number of halogens is 3. The Bertz CT molecular complexity index is 406. The second-order valence-electron chi connectivity index (χ2n) is 5.19. The zero-order valence-corrected chi connectivity index (χ0v) is 12.8. The van der Waals surface area contributed by atoms with Gasteiger partial charge in [-0.15, -0.1) is 0 Å². The van der Waals surface area contributed by atoms with Crippen molar-refractivity contribution in [2.75, 3.05) is 46.6 Å². The van der Waals surface area contributed by atoms with Crippen molar-refractivity contribution in [3.8, 4) is 0 Å². The lowest BCUT2D eigenvalue weighted by molar-refractivity contribution is -0.187. The number of carbonyl (C=O) groups is 2. The number of carboxylic acid groups (broad SMARTS) is 1. The molecule has 0 saturated carbocycles. The van der Waals surface area contributed by atoms with Crippen LogP contribution >= 0.6 is 0 Å². The van der Waals surface area contributed by atoms with Gasteiger partial charge in [0, 0.05) is 33.4 Å². The van der Waals surface area contributed by atoms with Gasteiger partial charge in [0.15, 0.2) is 0 Å². The molecule has 2 amide bonds. The van der Waals surface area contributed by atoms with Crippen LogP contribution in [0, 0.1) is 11.8 Å². The number of ether oxygens (including phenoxy) is 2. The maximum absolute atomic E-state index is 12.8. The molecule has 0 aromatic rings. The molecule has 1 saturated heterocycles. The number of hydrogen-bond donors (Lipinski definition) is 2. The number of carboxylic acids is 1. The second-order valence-corrected chi connectivity index (χ2v) is 5.19. The second kappa shape index (κ2) is 8.92. The van der Waals surface area contributed by atoms with Gasteiger partial charge in [-0.25, -0.2) is 4.79 Å². The fourth-order valence-corrected chi connectivity index (χ4v) is 2.28. The molecule has 1 aliphatic heterocycles. The quantitative estimate of drug-likeness (QED) is 0.641. The van der Waals surface area contributed by atoms with Crippen molar-refractivity contribution in [1.82, 2.24) is 10.2 Å². The van der Waals surface area contributed by atoms with Gasteiger partial charge in [0.2, 0.25) is 0 Å². The summed E-state index contributed by atoms with van der Waals surface area (Å²) in [6, 6.07) is -0.695. The van der Waals surface area contributed by atoms with E-state index in [9.17, 15) is 22.8 Å². The Kier molecular flexibility index (Phi) is 7.56. The van der Waals surface area contributed by atoms with Crippen molar-refractivity contribution in [2.45, 2.75) is 12.6 Å². The number of nitrogens with one attached hydrogen (secondary N) is 1. The van der Waals surface area contributed by atoms with E-state index in [1.807, 2.05) is 0 Å². The normalized spacial score (nSPS) is 21.5. The van der Waals surface area contributed by atoms with E-state index >= 15 is 0 Å². The molecule has 0 aromatic heterocycles. The highest BCUT2D eigenvalue weighted by Crippen LogP contribution is 2.37. The molecule has 0 spiro atoms. The van der Waals surface area contributed by atoms with Crippen molar-refractivity contribution in [3.63, 3.8) is 0 Å². The molecule has 0 aliphatic carbocycles. The monoisotopic (exact) mass is 342 g/mol. The Balaban J connectivity index is 2.35. The molecular weight excluding hydrogens is 321 g/mol. The zero-order chi connectivity index (χ0) is 17.5. The molecule has 1 heterocycles. The smallest absolute Gasteiger partial charge is 0.394 e. The first-order chi connectivity index (χ1) is 10.8. The van der Waals surface area contributed by atoms with Crippen LogP contribution in [0.1, 0.15) is 6.42 Å². The molecule has 1 rings (SSSR count). The minimum atomic E-state index is -4.65. The third-order valence-corrected chi connectivity index (χ3v) is 3.52. The van der Waals surface area contributed by atoms with Crippen LogP contribution in [0.4, 0.5) is 18.0 Å². The standard InChI is InChI=1S/C13H21F3N2O5/c1-22-5-6-23-4-2-3-17-12(21)18-7-9(11(19)20)10(8-18)13(14,15)16/h9-10H,2-8H2,1H3,(H,17,21)(H,19,20)/t9-,10-/m1/s1. The molecule has 23 heavy (non-hydrogen) atoms. The molecule has 2 N–H and O–H groups in total. The maximum Gasteiger partial charge on any atom is 0.394 e. The van der Waals surface area contributed by atoms with Crippen molar-refractivity contribution in [2.24, 2.45) is 11.8 Å². The van der Waals surface area contributed by atoms with Gasteiger partial charge in [0.1, 0.15) is 0 Å². The average molecular weight is 342 g/mol. The molecule has 1 aliphatic rings. The fourth-order valence-electron chi connectivity index (χ4n) is 2.28. The van der Waals surface area contributed by atoms with Crippen LogP contribution < -0.4 is 5.32 Å². The number of rotatable bonds is 8. The molecule has 1 fully saturated rings. The molecule has 0 radical (unpaired) electrons. The zero-order valence-electron chi connectivity index (χ0n) is 12.8. The van der Waals surface area contributed by atoms with E-state index in [0.29, 0.717) is 26.2 Å². The van der Waals surface area contributed by atoms with Crippen molar-refractivity contribution in [3.05, 3.63) is 0 Å². The largest absolute Gasteiger partial charge is 0.481 e. The summed E-state index contributed by atoms with van der Waals surface area (Å²) in [6.45, 7) is 0.398. The van der Waals surface area contributed by atoms with Crippen LogP contribution in [-0.4, -0.2) is 74.7 Å². The molecule has 134 valence electrons. The summed E-state index contributed by atoms with van der Waals surface area (Å²) in [5.74, 6) is -5.21. The Morgan fingerprint density at radius 1 is 1.26 bits per heavy atom. The Morgan fingerprint density at radius 3 is 2.48 bits per heavy atom. The van der Waals surface area contributed by atoms with E-state index in [1.165, 1.54) is 7.11 Å². The summed E-state index contributed by atoms with van der Waals surface area (Å²) < 4.78 is 48.4. The SMILES string of the molecule is COCCOCCCNC(=O)N1C[C@@H](C(F)(F)F)[C@H](C(=O)O)C1. The first kappa shape index (κ1) is 19.5. The van der Waals surface area contributed by atoms with Crippen molar-refractivity contribution < 1.29 is 37.3 Å². The molecule has 0 unspecified atom stereocenters. The number of alkyl halides is 3. The van der Waals surface area contributed by atoms with Crippen LogP contribution in [0.15, 0.2) is 0 Å². The van der Waals surface area contributed by atoms with Crippen molar-refractivity contribution >= 4 is 12.0 Å². The van der Waals surface area contributed by atoms with E-state index in [0.717, 1.165) is 4.90 Å². The lowest BCUT2D eigenvalue weighted by atomic mass is 9.96. The Hall–Kier alpha value is -1.55. The van der Waals surface area contributed by atoms with Crippen molar-refractivity contribution in [1.29, 1.82) is 0 Å². The molecule has 2 atom stereocenters. The van der Waals surface area contributed by atoms with Gasteiger partial charge >= 0.3 is 18.2 Å². The lowest BCUT2D eigenvalue weighted by Crippen LogP contribution is -2.40. The predicted molar refractivity (Wildman–Crippen MR) is 73.0 cm³/mol. The van der Waals surface area contributed by atoms with E-state index in [4.69, 9.17) is 14.6 Å². The third kappa shape index (κ3) is 6.22. The maximum atomic E-state index is 12.8. The number of hydrogen-bond acceptors (Lipinski definition) is 4.